The first kappa shape index (κ1) is 14.8. The normalized spacial score (nSPS) is 13.9. The third-order valence-corrected chi connectivity index (χ3v) is 3.40. The SMILES string of the molecule is CC(C)(N)CCC(=O)Nc1cc2c(cc1Cl)NC(=O)C2. The number of fused-ring (bicyclic) bond motifs is 1. The van der Waals surface area contributed by atoms with E-state index in [9.17, 15) is 9.59 Å². The van der Waals surface area contributed by atoms with Gasteiger partial charge in [0.25, 0.3) is 0 Å². The molecule has 0 saturated heterocycles. The molecule has 1 aromatic carbocycles. The fourth-order valence-electron chi connectivity index (χ4n) is 1.99. The summed E-state index contributed by atoms with van der Waals surface area (Å²) in [6, 6.07) is 3.39. The van der Waals surface area contributed by atoms with Crippen molar-refractivity contribution < 1.29 is 9.59 Å². The van der Waals surface area contributed by atoms with Crippen molar-refractivity contribution in [2.45, 2.75) is 38.6 Å². The number of hydrogen-bond donors (Lipinski definition) is 3. The number of nitrogens with two attached hydrogens (primary N) is 1. The first-order valence-electron chi connectivity index (χ1n) is 6.45. The van der Waals surface area contributed by atoms with E-state index in [4.69, 9.17) is 17.3 Å². The first-order valence-corrected chi connectivity index (χ1v) is 6.83. The highest BCUT2D eigenvalue weighted by Gasteiger charge is 2.20. The molecule has 6 heteroatoms. The molecule has 0 aromatic heterocycles. The smallest absolute Gasteiger partial charge is 0.228 e. The van der Waals surface area contributed by atoms with Crippen molar-refractivity contribution in [2.24, 2.45) is 5.73 Å². The summed E-state index contributed by atoms with van der Waals surface area (Å²) in [5, 5.41) is 5.88. The summed E-state index contributed by atoms with van der Waals surface area (Å²) in [4.78, 5) is 23.2. The van der Waals surface area contributed by atoms with Crippen molar-refractivity contribution in [3.8, 4) is 0 Å². The lowest BCUT2D eigenvalue weighted by atomic mass is 10.00. The highest BCUT2D eigenvalue weighted by Crippen LogP contribution is 2.32. The van der Waals surface area contributed by atoms with Gasteiger partial charge in [-0.1, -0.05) is 11.6 Å². The Kier molecular flexibility index (Phi) is 4.01. The van der Waals surface area contributed by atoms with Crippen molar-refractivity contribution >= 4 is 34.8 Å². The molecule has 0 unspecified atom stereocenters. The van der Waals surface area contributed by atoms with Crippen molar-refractivity contribution in [1.29, 1.82) is 0 Å². The van der Waals surface area contributed by atoms with Gasteiger partial charge < -0.3 is 16.4 Å². The van der Waals surface area contributed by atoms with Crippen LogP contribution in [0.1, 0.15) is 32.3 Å². The molecule has 0 atom stereocenters. The van der Waals surface area contributed by atoms with E-state index in [0.29, 0.717) is 35.7 Å². The Labute approximate surface area is 122 Å². The zero-order valence-electron chi connectivity index (χ0n) is 11.5. The standard InChI is InChI=1S/C14H18ClN3O2/c1-14(2,16)4-3-12(19)18-11-5-8-6-13(20)17-10(8)7-9(11)15/h5,7H,3-4,6,16H2,1-2H3,(H,17,20)(H,18,19). The van der Waals surface area contributed by atoms with Crippen LogP contribution in [0.25, 0.3) is 0 Å². The number of carbonyl (C=O) groups is 2. The Morgan fingerprint density at radius 2 is 2.20 bits per heavy atom. The van der Waals surface area contributed by atoms with Gasteiger partial charge in [0.1, 0.15) is 0 Å². The van der Waals surface area contributed by atoms with Crippen molar-refractivity contribution in [2.75, 3.05) is 10.6 Å². The molecule has 20 heavy (non-hydrogen) atoms. The second-order valence-corrected chi connectivity index (χ2v) is 6.16. The number of rotatable bonds is 4. The van der Waals surface area contributed by atoms with Gasteiger partial charge in [-0.2, -0.15) is 0 Å². The van der Waals surface area contributed by atoms with Crippen molar-refractivity contribution in [3.05, 3.63) is 22.7 Å². The lowest BCUT2D eigenvalue weighted by molar-refractivity contribution is -0.116. The van der Waals surface area contributed by atoms with E-state index in [1.54, 1.807) is 12.1 Å². The van der Waals surface area contributed by atoms with Gasteiger partial charge in [0, 0.05) is 17.6 Å². The summed E-state index contributed by atoms with van der Waals surface area (Å²) in [6.07, 6.45) is 1.22. The molecule has 0 aliphatic carbocycles. The number of anilines is 2. The first-order chi connectivity index (χ1) is 9.24. The summed E-state index contributed by atoms with van der Waals surface area (Å²) in [7, 11) is 0. The molecule has 4 N–H and O–H groups in total. The maximum Gasteiger partial charge on any atom is 0.228 e. The number of carbonyl (C=O) groups excluding carboxylic acids is 2. The Balaban J connectivity index is 2.05. The van der Waals surface area contributed by atoms with E-state index in [1.807, 2.05) is 13.8 Å². The van der Waals surface area contributed by atoms with Crippen LogP contribution in [0.15, 0.2) is 12.1 Å². The van der Waals surface area contributed by atoms with Gasteiger partial charge in [-0.25, -0.2) is 0 Å². The number of halogens is 1. The third kappa shape index (κ3) is 3.71. The minimum absolute atomic E-state index is 0.0653. The lowest BCUT2D eigenvalue weighted by Gasteiger charge is -2.17. The second-order valence-electron chi connectivity index (χ2n) is 5.75. The quantitative estimate of drug-likeness (QED) is 0.797. The monoisotopic (exact) mass is 295 g/mol. The molecule has 1 heterocycles. The zero-order chi connectivity index (χ0) is 14.9. The van der Waals surface area contributed by atoms with Crippen LogP contribution in [0.4, 0.5) is 11.4 Å². The van der Waals surface area contributed by atoms with Crippen LogP contribution >= 0.6 is 11.6 Å². The molecule has 1 aromatic rings. The molecular formula is C14H18ClN3O2. The molecule has 1 aliphatic heterocycles. The molecule has 0 fully saturated rings. The molecule has 2 rings (SSSR count). The third-order valence-electron chi connectivity index (χ3n) is 3.09. The maximum atomic E-state index is 11.9. The van der Waals surface area contributed by atoms with Crippen molar-refractivity contribution in [3.63, 3.8) is 0 Å². The molecule has 0 spiro atoms. The van der Waals surface area contributed by atoms with Crippen molar-refractivity contribution in [1.82, 2.24) is 0 Å². The van der Waals surface area contributed by atoms with Crippen LogP contribution in [-0.2, 0) is 16.0 Å². The van der Waals surface area contributed by atoms with E-state index in [2.05, 4.69) is 10.6 Å². The van der Waals surface area contributed by atoms with Crippen LogP contribution < -0.4 is 16.4 Å². The number of amides is 2. The highest BCUT2D eigenvalue weighted by molar-refractivity contribution is 6.34. The predicted octanol–water partition coefficient (Wildman–Crippen LogP) is 2.29. The number of hydrogen-bond acceptors (Lipinski definition) is 3. The molecule has 108 valence electrons. The van der Waals surface area contributed by atoms with Crippen LogP contribution in [0.2, 0.25) is 5.02 Å². The zero-order valence-corrected chi connectivity index (χ0v) is 12.3. The molecule has 5 nitrogen and oxygen atoms in total. The minimum atomic E-state index is -0.380. The van der Waals surface area contributed by atoms with Crippen LogP contribution in [-0.4, -0.2) is 17.4 Å². The van der Waals surface area contributed by atoms with Gasteiger partial charge >= 0.3 is 0 Å². The van der Waals surface area contributed by atoms with E-state index in [0.717, 1.165) is 5.56 Å². The Morgan fingerprint density at radius 1 is 1.50 bits per heavy atom. The van der Waals surface area contributed by atoms with E-state index in [-0.39, 0.29) is 17.4 Å². The van der Waals surface area contributed by atoms with E-state index >= 15 is 0 Å². The highest BCUT2D eigenvalue weighted by atomic mass is 35.5. The lowest BCUT2D eigenvalue weighted by Crippen LogP contribution is -2.33. The van der Waals surface area contributed by atoms with Crippen LogP contribution in [0, 0.1) is 0 Å². The molecule has 0 bridgehead atoms. The number of benzene rings is 1. The fourth-order valence-corrected chi connectivity index (χ4v) is 2.20. The van der Waals surface area contributed by atoms with E-state index < -0.39 is 0 Å². The number of nitrogens with one attached hydrogen (secondary N) is 2. The molecule has 2 amide bonds. The average Bonchev–Trinajstić information content (AvgIpc) is 2.65. The Hall–Kier alpha value is -1.59. The second kappa shape index (κ2) is 5.42. The Morgan fingerprint density at radius 3 is 2.85 bits per heavy atom. The summed E-state index contributed by atoms with van der Waals surface area (Å²) >= 11 is 6.10. The van der Waals surface area contributed by atoms with Gasteiger partial charge in [0.2, 0.25) is 11.8 Å². The minimum Gasteiger partial charge on any atom is -0.326 e. The summed E-state index contributed by atoms with van der Waals surface area (Å²) in [5.74, 6) is -0.202. The van der Waals surface area contributed by atoms with Gasteiger partial charge in [-0.15, -0.1) is 0 Å². The van der Waals surface area contributed by atoms with Gasteiger partial charge in [-0.05, 0) is 38.0 Å². The average molecular weight is 296 g/mol. The predicted molar refractivity (Wildman–Crippen MR) is 79.9 cm³/mol. The van der Waals surface area contributed by atoms with Crippen LogP contribution in [0.5, 0.6) is 0 Å². The molecule has 0 radical (unpaired) electrons. The largest absolute Gasteiger partial charge is 0.326 e. The van der Waals surface area contributed by atoms with E-state index in [1.165, 1.54) is 0 Å². The van der Waals surface area contributed by atoms with Gasteiger partial charge in [-0.3, -0.25) is 9.59 Å². The summed E-state index contributed by atoms with van der Waals surface area (Å²) in [6.45, 7) is 3.75. The van der Waals surface area contributed by atoms with Gasteiger partial charge in [0.15, 0.2) is 0 Å². The van der Waals surface area contributed by atoms with Crippen LogP contribution in [0.3, 0.4) is 0 Å². The molecule has 1 aliphatic rings. The molecular weight excluding hydrogens is 278 g/mol. The van der Waals surface area contributed by atoms with Gasteiger partial charge in [0.05, 0.1) is 17.1 Å². The maximum absolute atomic E-state index is 11.9. The molecule has 0 saturated carbocycles. The summed E-state index contributed by atoms with van der Waals surface area (Å²) < 4.78 is 0. The topological polar surface area (TPSA) is 84.2 Å². The Bertz CT molecular complexity index is 564. The fraction of sp³-hybridized carbons (Fsp3) is 0.429. The summed E-state index contributed by atoms with van der Waals surface area (Å²) in [5.41, 5.74) is 7.54.